The zero-order valence-electron chi connectivity index (χ0n) is 8.09. The Kier molecular flexibility index (Phi) is 2.29. The summed E-state index contributed by atoms with van der Waals surface area (Å²) in [4.78, 5) is 0. The Morgan fingerprint density at radius 1 is 1.36 bits per heavy atom. The van der Waals surface area contributed by atoms with Crippen LogP contribution in [-0.4, -0.2) is 11.2 Å². The van der Waals surface area contributed by atoms with Gasteiger partial charge in [-0.25, -0.2) is 0 Å². The molecule has 66 valence electrons. The number of aliphatic hydroxyl groups is 1. The van der Waals surface area contributed by atoms with E-state index >= 15 is 0 Å². The highest BCUT2D eigenvalue weighted by molar-refractivity contribution is 4.91. The molecule has 1 nitrogen and oxygen atoms in total. The summed E-state index contributed by atoms with van der Waals surface area (Å²) in [7, 11) is 0. The molecule has 0 aromatic carbocycles. The SMILES string of the molecule is CC(O)C1CCC(C)C1(C)C. The highest BCUT2D eigenvalue weighted by atomic mass is 16.3. The molecule has 0 amide bonds. The molecule has 3 atom stereocenters. The van der Waals surface area contributed by atoms with Gasteiger partial charge in [0, 0.05) is 0 Å². The Hall–Kier alpha value is -0.0400. The van der Waals surface area contributed by atoms with Crippen molar-refractivity contribution in [1.29, 1.82) is 0 Å². The zero-order valence-corrected chi connectivity index (χ0v) is 8.09. The largest absolute Gasteiger partial charge is 0.393 e. The molecular weight excluding hydrogens is 136 g/mol. The average Bonchev–Trinajstić information content (AvgIpc) is 2.08. The Bertz CT molecular complexity index is 138. The molecule has 1 N–H and O–H groups in total. The predicted octanol–water partition coefficient (Wildman–Crippen LogP) is 2.44. The lowest BCUT2D eigenvalue weighted by Gasteiger charge is -2.33. The average molecular weight is 156 g/mol. The van der Waals surface area contributed by atoms with Gasteiger partial charge >= 0.3 is 0 Å². The molecule has 0 heterocycles. The van der Waals surface area contributed by atoms with Crippen molar-refractivity contribution in [3.8, 4) is 0 Å². The lowest BCUT2D eigenvalue weighted by atomic mass is 9.74. The molecule has 0 aliphatic heterocycles. The molecule has 1 aliphatic rings. The lowest BCUT2D eigenvalue weighted by molar-refractivity contribution is 0.0531. The van der Waals surface area contributed by atoms with E-state index in [1.165, 1.54) is 12.8 Å². The van der Waals surface area contributed by atoms with Gasteiger partial charge in [0.15, 0.2) is 0 Å². The second kappa shape index (κ2) is 2.78. The van der Waals surface area contributed by atoms with Gasteiger partial charge < -0.3 is 5.11 Å². The first-order valence-electron chi connectivity index (χ1n) is 4.64. The number of hydrogen-bond acceptors (Lipinski definition) is 1. The monoisotopic (exact) mass is 156 g/mol. The molecule has 0 aromatic rings. The van der Waals surface area contributed by atoms with Crippen LogP contribution < -0.4 is 0 Å². The molecule has 3 unspecified atom stereocenters. The topological polar surface area (TPSA) is 20.2 Å². The van der Waals surface area contributed by atoms with Crippen molar-refractivity contribution in [3.05, 3.63) is 0 Å². The van der Waals surface area contributed by atoms with Gasteiger partial charge in [-0.3, -0.25) is 0 Å². The second-order valence-electron chi connectivity index (χ2n) is 4.65. The molecule has 0 saturated heterocycles. The van der Waals surface area contributed by atoms with Crippen molar-refractivity contribution in [3.63, 3.8) is 0 Å². The number of rotatable bonds is 1. The molecular formula is C10H20O. The van der Waals surface area contributed by atoms with Gasteiger partial charge in [-0.15, -0.1) is 0 Å². The first kappa shape index (κ1) is 9.05. The van der Waals surface area contributed by atoms with Crippen LogP contribution in [0.25, 0.3) is 0 Å². The second-order valence-corrected chi connectivity index (χ2v) is 4.65. The molecule has 1 saturated carbocycles. The maximum atomic E-state index is 9.51. The van der Waals surface area contributed by atoms with Crippen molar-refractivity contribution in [2.45, 2.75) is 46.6 Å². The smallest absolute Gasteiger partial charge is 0.0545 e. The van der Waals surface area contributed by atoms with Crippen LogP contribution in [0.4, 0.5) is 0 Å². The number of hydrogen-bond donors (Lipinski definition) is 1. The fourth-order valence-electron chi connectivity index (χ4n) is 2.40. The van der Waals surface area contributed by atoms with E-state index in [2.05, 4.69) is 20.8 Å². The maximum Gasteiger partial charge on any atom is 0.0545 e. The molecule has 11 heavy (non-hydrogen) atoms. The van der Waals surface area contributed by atoms with Crippen molar-refractivity contribution in [2.75, 3.05) is 0 Å². The normalized spacial score (nSPS) is 39.0. The summed E-state index contributed by atoms with van der Waals surface area (Å²) < 4.78 is 0. The maximum absolute atomic E-state index is 9.51. The highest BCUT2D eigenvalue weighted by Crippen LogP contribution is 2.48. The Morgan fingerprint density at radius 2 is 1.91 bits per heavy atom. The molecule has 1 aliphatic carbocycles. The van der Waals surface area contributed by atoms with Crippen molar-refractivity contribution >= 4 is 0 Å². The van der Waals surface area contributed by atoms with Gasteiger partial charge in [0.25, 0.3) is 0 Å². The fraction of sp³-hybridized carbons (Fsp3) is 1.00. The zero-order chi connectivity index (χ0) is 8.65. The van der Waals surface area contributed by atoms with Crippen LogP contribution in [0.2, 0.25) is 0 Å². The van der Waals surface area contributed by atoms with E-state index in [0.717, 1.165) is 5.92 Å². The minimum atomic E-state index is -0.130. The van der Waals surface area contributed by atoms with E-state index in [1.807, 2.05) is 6.92 Å². The van der Waals surface area contributed by atoms with Crippen molar-refractivity contribution < 1.29 is 5.11 Å². The van der Waals surface area contributed by atoms with Crippen molar-refractivity contribution in [2.24, 2.45) is 17.3 Å². The summed E-state index contributed by atoms with van der Waals surface area (Å²) >= 11 is 0. The summed E-state index contributed by atoms with van der Waals surface area (Å²) in [6.45, 7) is 8.77. The van der Waals surface area contributed by atoms with Crippen LogP contribution >= 0.6 is 0 Å². The Labute approximate surface area is 69.8 Å². The summed E-state index contributed by atoms with van der Waals surface area (Å²) in [6.07, 6.45) is 2.35. The number of aliphatic hydroxyl groups excluding tert-OH is 1. The van der Waals surface area contributed by atoms with Crippen LogP contribution in [0.3, 0.4) is 0 Å². The first-order valence-corrected chi connectivity index (χ1v) is 4.64. The van der Waals surface area contributed by atoms with Gasteiger partial charge in [-0.05, 0) is 37.0 Å². The Morgan fingerprint density at radius 3 is 2.09 bits per heavy atom. The van der Waals surface area contributed by atoms with Gasteiger partial charge in [-0.2, -0.15) is 0 Å². The third kappa shape index (κ3) is 1.44. The fourth-order valence-corrected chi connectivity index (χ4v) is 2.40. The first-order chi connectivity index (χ1) is 4.96. The molecule has 1 fully saturated rings. The third-order valence-electron chi connectivity index (χ3n) is 3.72. The predicted molar refractivity (Wildman–Crippen MR) is 47.3 cm³/mol. The molecule has 0 radical (unpaired) electrons. The van der Waals surface area contributed by atoms with Crippen LogP contribution in [0.1, 0.15) is 40.5 Å². The van der Waals surface area contributed by atoms with Crippen LogP contribution in [-0.2, 0) is 0 Å². The van der Waals surface area contributed by atoms with E-state index < -0.39 is 0 Å². The van der Waals surface area contributed by atoms with Crippen LogP contribution in [0.5, 0.6) is 0 Å². The van der Waals surface area contributed by atoms with Gasteiger partial charge in [0.05, 0.1) is 6.10 Å². The van der Waals surface area contributed by atoms with E-state index in [4.69, 9.17) is 0 Å². The lowest BCUT2D eigenvalue weighted by Crippen LogP contribution is -2.30. The van der Waals surface area contributed by atoms with E-state index in [0.29, 0.717) is 11.3 Å². The molecule has 1 rings (SSSR count). The van der Waals surface area contributed by atoms with Gasteiger partial charge in [0.1, 0.15) is 0 Å². The van der Waals surface area contributed by atoms with E-state index in [-0.39, 0.29) is 6.10 Å². The summed E-state index contributed by atoms with van der Waals surface area (Å²) in [5, 5.41) is 9.51. The molecule has 0 aromatic heterocycles. The van der Waals surface area contributed by atoms with E-state index in [1.54, 1.807) is 0 Å². The molecule has 1 heteroatoms. The summed E-state index contributed by atoms with van der Waals surface area (Å²) in [6, 6.07) is 0. The highest BCUT2D eigenvalue weighted by Gasteiger charge is 2.42. The van der Waals surface area contributed by atoms with Crippen LogP contribution in [0, 0.1) is 17.3 Å². The van der Waals surface area contributed by atoms with Gasteiger partial charge in [0.2, 0.25) is 0 Å². The molecule has 0 spiro atoms. The van der Waals surface area contributed by atoms with Crippen molar-refractivity contribution in [1.82, 2.24) is 0 Å². The van der Waals surface area contributed by atoms with E-state index in [9.17, 15) is 5.11 Å². The quantitative estimate of drug-likeness (QED) is 0.618. The Balaban J connectivity index is 2.70. The van der Waals surface area contributed by atoms with Gasteiger partial charge in [-0.1, -0.05) is 20.8 Å². The minimum absolute atomic E-state index is 0.130. The third-order valence-corrected chi connectivity index (χ3v) is 3.72. The standard InChI is InChI=1S/C10H20O/c1-7-5-6-9(8(2)11)10(7,3)4/h7-9,11H,5-6H2,1-4H3. The molecule has 0 bridgehead atoms. The van der Waals surface area contributed by atoms with Crippen LogP contribution in [0.15, 0.2) is 0 Å². The summed E-state index contributed by atoms with van der Waals surface area (Å²) in [5.41, 5.74) is 0.341. The minimum Gasteiger partial charge on any atom is -0.393 e. The summed E-state index contributed by atoms with van der Waals surface area (Å²) in [5.74, 6) is 1.28.